The number of hydrogen-bond donors (Lipinski definition) is 1. The van der Waals surface area contributed by atoms with Gasteiger partial charge in [0.15, 0.2) is 0 Å². The van der Waals surface area contributed by atoms with E-state index in [2.05, 4.69) is 38.0 Å². The summed E-state index contributed by atoms with van der Waals surface area (Å²) in [4.78, 5) is 19.2. The van der Waals surface area contributed by atoms with E-state index in [9.17, 15) is 4.79 Å². The summed E-state index contributed by atoms with van der Waals surface area (Å²) in [5, 5.41) is 3.04. The van der Waals surface area contributed by atoms with Crippen molar-refractivity contribution in [3.05, 3.63) is 23.4 Å². The van der Waals surface area contributed by atoms with Gasteiger partial charge in [0, 0.05) is 31.4 Å². The predicted octanol–water partition coefficient (Wildman–Crippen LogP) is 3.75. The van der Waals surface area contributed by atoms with E-state index < -0.39 is 0 Å². The average Bonchev–Trinajstić information content (AvgIpc) is 2.50. The van der Waals surface area contributed by atoms with Crippen molar-refractivity contribution in [2.45, 2.75) is 47.0 Å². The molecule has 0 fully saturated rings. The first-order valence-corrected chi connectivity index (χ1v) is 7.91. The monoisotopic (exact) mass is 291 g/mol. The standard InChI is InChI=1S/C17H29N3O/c1-7-13(5)11-20(8-2)17(21)14-9-15(12(3)4)19-16(10-14)18-6/h9-10,12-13H,7-8,11H2,1-6H3,(H,18,19). The van der Waals surface area contributed by atoms with Crippen LogP contribution in [0.4, 0.5) is 5.82 Å². The third kappa shape index (κ3) is 4.73. The van der Waals surface area contributed by atoms with Crippen LogP contribution < -0.4 is 5.32 Å². The van der Waals surface area contributed by atoms with E-state index in [-0.39, 0.29) is 5.91 Å². The number of carbonyl (C=O) groups excluding carboxylic acids is 1. The van der Waals surface area contributed by atoms with E-state index in [1.807, 2.05) is 31.0 Å². The first-order valence-electron chi connectivity index (χ1n) is 7.91. The minimum absolute atomic E-state index is 0.0959. The predicted molar refractivity (Wildman–Crippen MR) is 88.9 cm³/mol. The van der Waals surface area contributed by atoms with Crippen LogP contribution in [0.15, 0.2) is 12.1 Å². The molecule has 1 N–H and O–H groups in total. The number of aromatic nitrogens is 1. The molecule has 0 aliphatic rings. The number of nitrogens with one attached hydrogen (secondary N) is 1. The van der Waals surface area contributed by atoms with Gasteiger partial charge < -0.3 is 10.2 Å². The van der Waals surface area contributed by atoms with Gasteiger partial charge in [-0.15, -0.1) is 0 Å². The zero-order chi connectivity index (χ0) is 16.0. The van der Waals surface area contributed by atoms with Gasteiger partial charge in [0.1, 0.15) is 5.82 Å². The summed E-state index contributed by atoms with van der Waals surface area (Å²) in [5.74, 6) is 1.67. The largest absolute Gasteiger partial charge is 0.373 e. The van der Waals surface area contributed by atoms with Crippen LogP contribution in [0.2, 0.25) is 0 Å². The molecule has 0 aliphatic heterocycles. The molecule has 1 amide bonds. The quantitative estimate of drug-likeness (QED) is 0.832. The molecule has 1 atom stereocenters. The molecular weight excluding hydrogens is 262 g/mol. The van der Waals surface area contributed by atoms with Gasteiger partial charge in [-0.3, -0.25) is 4.79 Å². The van der Waals surface area contributed by atoms with Crippen LogP contribution in [0.3, 0.4) is 0 Å². The highest BCUT2D eigenvalue weighted by Crippen LogP contribution is 2.19. The second-order valence-corrected chi connectivity index (χ2v) is 5.93. The van der Waals surface area contributed by atoms with Crippen molar-refractivity contribution in [2.24, 2.45) is 5.92 Å². The molecule has 4 nitrogen and oxygen atoms in total. The maximum atomic E-state index is 12.7. The summed E-state index contributed by atoms with van der Waals surface area (Å²) in [7, 11) is 1.83. The molecule has 21 heavy (non-hydrogen) atoms. The van der Waals surface area contributed by atoms with Crippen molar-refractivity contribution in [3.63, 3.8) is 0 Å². The van der Waals surface area contributed by atoms with Crippen molar-refractivity contribution in [3.8, 4) is 0 Å². The van der Waals surface area contributed by atoms with Crippen LogP contribution in [0.5, 0.6) is 0 Å². The van der Waals surface area contributed by atoms with E-state index in [4.69, 9.17) is 0 Å². The molecule has 0 saturated carbocycles. The Bertz CT molecular complexity index is 471. The highest BCUT2D eigenvalue weighted by atomic mass is 16.2. The molecule has 0 aliphatic carbocycles. The van der Waals surface area contributed by atoms with Crippen molar-refractivity contribution >= 4 is 11.7 Å². The molecular formula is C17H29N3O. The summed E-state index contributed by atoms with van der Waals surface area (Å²) in [6.45, 7) is 12.1. The Kier molecular flexibility index (Phi) is 6.66. The Morgan fingerprint density at radius 2 is 1.95 bits per heavy atom. The molecule has 1 aromatic heterocycles. The van der Waals surface area contributed by atoms with Crippen molar-refractivity contribution in [2.75, 3.05) is 25.5 Å². The van der Waals surface area contributed by atoms with Gasteiger partial charge in [0.25, 0.3) is 5.91 Å². The van der Waals surface area contributed by atoms with Crippen LogP contribution in [-0.4, -0.2) is 35.9 Å². The molecule has 0 bridgehead atoms. The second kappa shape index (κ2) is 8.01. The van der Waals surface area contributed by atoms with Crippen molar-refractivity contribution in [1.29, 1.82) is 0 Å². The van der Waals surface area contributed by atoms with Crippen LogP contribution >= 0.6 is 0 Å². The third-order valence-corrected chi connectivity index (χ3v) is 3.84. The maximum Gasteiger partial charge on any atom is 0.254 e. The molecule has 4 heteroatoms. The van der Waals surface area contributed by atoms with Crippen molar-refractivity contribution < 1.29 is 4.79 Å². The lowest BCUT2D eigenvalue weighted by atomic mass is 10.1. The first-order chi connectivity index (χ1) is 9.92. The van der Waals surface area contributed by atoms with Gasteiger partial charge in [0.2, 0.25) is 0 Å². The topological polar surface area (TPSA) is 45.2 Å². The summed E-state index contributed by atoms with van der Waals surface area (Å²) < 4.78 is 0. The number of nitrogens with zero attached hydrogens (tertiary/aromatic N) is 2. The van der Waals surface area contributed by atoms with E-state index >= 15 is 0 Å². The van der Waals surface area contributed by atoms with Crippen LogP contribution in [0.1, 0.15) is 63.0 Å². The number of rotatable bonds is 7. The summed E-state index contributed by atoms with van der Waals surface area (Å²) >= 11 is 0. The number of carbonyl (C=O) groups is 1. The zero-order valence-electron chi connectivity index (χ0n) is 14.2. The number of hydrogen-bond acceptors (Lipinski definition) is 3. The lowest BCUT2D eigenvalue weighted by Gasteiger charge is -2.24. The Hall–Kier alpha value is -1.58. The van der Waals surface area contributed by atoms with Gasteiger partial charge in [-0.05, 0) is 30.9 Å². The third-order valence-electron chi connectivity index (χ3n) is 3.84. The zero-order valence-corrected chi connectivity index (χ0v) is 14.2. The smallest absolute Gasteiger partial charge is 0.254 e. The Labute approximate surface area is 129 Å². The minimum Gasteiger partial charge on any atom is -0.373 e. The van der Waals surface area contributed by atoms with E-state index in [0.717, 1.165) is 36.6 Å². The van der Waals surface area contributed by atoms with E-state index in [1.54, 1.807) is 0 Å². The summed E-state index contributed by atoms with van der Waals surface area (Å²) in [5.41, 5.74) is 1.67. The Morgan fingerprint density at radius 1 is 1.29 bits per heavy atom. The Morgan fingerprint density at radius 3 is 2.43 bits per heavy atom. The molecule has 0 saturated heterocycles. The fraction of sp³-hybridized carbons (Fsp3) is 0.647. The van der Waals surface area contributed by atoms with Gasteiger partial charge in [0.05, 0.1) is 0 Å². The fourth-order valence-electron chi connectivity index (χ4n) is 2.14. The number of amides is 1. The lowest BCUT2D eigenvalue weighted by Crippen LogP contribution is -2.34. The van der Waals surface area contributed by atoms with Gasteiger partial charge in [-0.2, -0.15) is 0 Å². The highest BCUT2D eigenvalue weighted by Gasteiger charge is 2.18. The van der Waals surface area contributed by atoms with Crippen molar-refractivity contribution in [1.82, 2.24) is 9.88 Å². The SMILES string of the molecule is CCC(C)CN(CC)C(=O)c1cc(NC)nc(C(C)C)c1. The van der Waals surface area contributed by atoms with Gasteiger partial charge in [-0.25, -0.2) is 4.98 Å². The molecule has 1 rings (SSSR count). The number of anilines is 1. The molecule has 0 aromatic carbocycles. The molecule has 0 spiro atoms. The average molecular weight is 291 g/mol. The normalized spacial score (nSPS) is 12.3. The number of pyridine rings is 1. The van der Waals surface area contributed by atoms with E-state index in [1.165, 1.54) is 0 Å². The first kappa shape index (κ1) is 17.5. The summed E-state index contributed by atoms with van der Waals surface area (Å²) in [6, 6.07) is 3.76. The Balaban J connectivity index is 3.06. The molecule has 0 radical (unpaired) electrons. The van der Waals surface area contributed by atoms with E-state index in [0.29, 0.717) is 11.8 Å². The van der Waals surface area contributed by atoms with Crippen LogP contribution in [0.25, 0.3) is 0 Å². The highest BCUT2D eigenvalue weighted by molar-refractivity contribution is 5.95. The summed E-state index contributed by atoms with van der Waals surface area (Å²) in [6.07, 6.45) is 1.08. The maximum absolute atomic E-state index is 12.7. The molecule has 1 aromatic rings. The van der Waals surface area contributed by atoms with Gasteiger partial charge in [-0.1, -0.05) is 34.1 Å². The minimum atomic E-state index is 0.0959. The van der Waals surface area contributed by atoms with Crippen LogP contribution in [-0.2, 0) is 0 Å². The molecule has 1 unspecified atom stereocenters. The fourth-order valence-corrected chi connectivity index (χ4v) is 2.14. The lowest BCUT2D eigenvalue weighted by molar-refractivity contribution is 0.0740. The van der Waals surface area contributed by atoms with Gasteiger partial charge >= 0.3 is 0 Å². The second-order valence-electron chi connectivity index (χ2n) is 5.93. The van der Waals surface area contributed by atoms with Crippen LogP contribution in [0, 0.1) is 5.92 Å². The molecule has 1 heterocycles. The molecule has 118 valence electrons.